The van der Waals surface area contributed by atoms with E-state index in [0.29, 0.717) is 19.4 Å². The van der Waals surface area contributed by atoms with Crippen molar-refractivity contribution in [2.24, 2.45) is 11.7 Å². The van der Waals surface area contributed by atoms with Crippen molar-refractivity contribution in [3.05, 3.63) is 30.3 Å². The van der Waals surface area contributed by atoms with E-state index in [1.807, 2.05) is 13.8 Å². The number of carboxylic acid groups (broad SMARTS) is 1. The Bertz CT molecular complexity index is 587. The van der Waals surface area contributed by atoms with Crippen LogP contribution in [-0.2, 0) is 14.8 Å². The number of unbranched alkanes of at least 4 members (excludes halogenated alkanes) is 1. The third kappa shape index (κ3) is 5.60. The average molecular weight is 342 g/mol. The smallest absolute Gasteiger partial charge is 0.322 e. The molecule has 0 aliphatic heterocycles. The van der Waals surface area contributed by atoms with Gasteiger partial charge >= 0.3 is 5.97 Å². The van der Waals surface area contributed by atoms with Gasteiger partial charge in [0.2, 0.25) is 10.0 Å². The molecule has 1 aromatic rings. The van der Waals surface area contributed by atoms with Gasteiger partial charge in [0.05, 0.1) is 4.90 Å². The van der Waals surface area contributed by atoms with Crippen molar-refractivity contribution in [3.63, 3.8) is 0 Å². The number of sulfonamides is 1. The van der Waals surface area contributed by atoms with Gasteiger partial charge in [0.25, 0.3) is 0 Å². The van der Waals surface area contributed by atoms with Gasteiger partial charge in [-0.2, -0.15) is 4.31 Å². The van der Waals surface area contributed by atoms with Crippen LogP contribution in [0.3, 0.4) is 0 Å². The van der Waals surface area contributed by atoms with Crippen molar-refractivity contribution in [1.29, 1.82) is 0 Å². The van der Waals surface area contributed by atoms with Gasteiger partial charge in [-0.05, 0) is 43.9 Å². The van der Waals surface area contributed by atoms with E-state index in [4.69, 9.17) is 5.73 Å². The summed E-state index contributed by atoms with van der Waals surface area (Å²) in [5, 5.41) is 9.53. The molecule has 0 amide bonds. The molecule has 23 heavy (non-hydrogen) atoms. The molecule has 0 aliphatic carbocycles. The molecule has 0 spiro atoms. The van der Waals surface area contributed by atoms with Crippen LogP contribution in [0.25, 0.3) is 0 Å². The summed E-state index contributed by atoms with van der Waals surface area (Å²) in [7, 11) is -3.86. The van der Waals surface area contributed by atoms with Crippen molar-refractivity contribution in [1.82, 2.24) is 4.31 Å². The molecule has 0 saturated heterocycles. The minimum absolute atomic E-state index is 0.0184. The maximum atomic E-state index is 12.9. The zero-order chi connectivity index (χ0) is 17.5. The normalized spacial score (nSPS) is 13.4. The number of nitrogens with zero attached hydrogens (tertiary/aromatic N) is 1. The molecule has 6 nitrogen and oxygen atoms in total. The first-order valence-electron chi connectivity index (χ1n) is 7.80. The Balaban J connectivity index is 3.17. The topological polar surface area (TPSA) is 101 Å². The lowest BCUT2D eigenvalue weighted by Crippen LogP contribution is -2.46. The highest BCUT2D eigenvalue weighted by atomic mass is 32.2. The van der Waals surface area contributed by atoms with Crippen LogP contribution in [0.4, 0.5) is 0 Å². The average Bonchev–Trinajstić information content (AvgIpc) is 2.50. The predicted molar refractivity (Wildman–Crippen MR) is 89.5 cm³/mol. The molecule has 3 N–H and O–H groups in total. The van der Waals surface area contributed by atoms with Gasteiger partial charge < -0.3 is 10.8 Å². The van der Waals surface area contributed by atoms with E-state index in [1.54, 1.807) is 18.2 Å². The van der Waals surface area contributed by atoms with Gasteiger partial charge in [-0.25, -0.2) is 8.42 Å². The van der Waals surface area contributed by atoms with E-state index in [0.717, 1.165) is 4.31 Å². The number of carbonyl (C=O) groups is 1. The summed E-state index contributed by atoms with van der Waals surface area (Å²) in [6.07, 6.45) is 1.50. The van der Waals surface area contributed by atoms with Crippen molar-refractivity contribution < 1.29 is 18.3 Å². The molecule has 1 aromatic carbocycles. The second-order valence-electron chi connectivity index (χ2n) is 5.92. The summed E-state index contributed by atoms with van der Waals surface area (Å²) < 4.78 is 26.9. The first-order valence-corrected chi connectivity index (χ1v) is 9.24. The van der Waals surface area contributed by atoms with Crippen molar-refractivity contribution in [2.75, 3.05) is 13.1 Å². The van der Waals surface area contributed by atoms with E-state index in [-0.39, 0.29) is 23.8 Å². The fraction of sp³-hybridized carbons (Fsp3) is 0.562. The summed E-state index contributed by atoms with van der Waals surface area (Å²) in [6, 6.07) is 6.88. The molecule has 0 bridgehead atoms. The molecule has 0 aliphatic rings. The molecule has 1 rings (SSSR count). The molecule has 0 unspecified atom stereocenters. The number of benzene rings is 1. The summed E-state index contributed by atoms with van der Waals surface area (Å²) in [6.45, 7) is 4.36. The molecule has 0 saturated carbocycles. The quantitative estimate of drug-likeness (QED) is 0.633. The van der Waals surface area contributed by atoms with E-state index < -0.39 is 22.0 Å². The highest BCUT2D eigenvalue weighted by Gasteiger charge is 2.35. The van der Waals surface area contributed by atoms with Crippen LogP contribution in [0.2, 0.25) is 0 Å². The fourth-order valence-electron chi connectivity index (χ4n) is 2.35. The van der Waals surface area contributed by atoms with Crippen molar-refractivity contribution >= 4 is 16.0 Å². The Kier molecular flexibility index (Phi) is 7.67. The number of hydrogen-bond acceptors (Lipinski definition) is 4. The number of aliphatic carboxylic acids is 1. The lowest BCUT2D eigenvalue weighted by atomic mass is 10.1. The molecule has 1 atom stereocenters. The van der Waals surface area contributed by atoms with Crippen LogP contribution >= 0.6 is 0 Å². The summed E-state index contributed by atoms with van der Waals surface area (Å²) in [5.74, 6) is -1.10. The number of hydrogen-bond donors (Lipinski definition) is 2. The first-order chi connectivity index (χ1) is 10.8. The highest BCUT2D eigenvalue weighted by molar-refractivity contribution is 7.89. The van der Waals surface area contributed by atoms with Crippen LogP contribution in [0.5, 0.6) is 0 Å². The summed E-state index contributed by atoms with van der Waals surface area (Å²) >= 11 is 0. The SMILES string of the molecule is CC(C)CN([C@@H](CCCCN)C(=O)O)S(=O)(=O)c1ccccc1. The number of rotatable bonds is 10. The van der Waals surface area contributed by atoms with E-state index >= 15 is 0 Å². The molecular weight excluding hydrogens is 316 g/mol. The molecule has 7 heteroatoms. The Labute approximate surface area is 138 Å². The Morgan fingerprint density at radius 2 is 1.83 bits per heavy atom. The minimum atomic E-state index is -3.86. The largest absolute Gasteiger partial charge is 0.480 e. The molecule has 0 heterocycles. The third-order valence-electron chi connectivity index (χ3n) is 3.46. The zero-order valence-electron chi connectivity index (χ0n) is 13.7. The predicted octanol–water partition coefficient (Wildman–Crippen LogP) is 1.92. The fourth-order valence-corrected chi connectivity index (χ4v) is 4.15. The second kappa shape index (κ2) is 9.00. The number of carboxylic acids is 1. The first kappa shape index (κ1) is 19.6. The van der Waals surface area contributed by atoms with E-state index in [9.17, 15) is 18.3 Å². The maximum absolute atomic E-state index is 12.9. The summed E-state index contributed by atoms with van der Waals surface area (Å²) in [4.78, 5) is 11.8. The Morgan fingerprint density at radius 1 is 1.22 bits per heavy atom. The van der Waals surface area contributed by atoms with Gasteiger partial charge in [-0.1, -0.05) is 32.0 Å². The molecular formula is C16H26N2O4S. The van der Waals surface area contributed by atoms with Crippen LogP contribution in [0.15, 0.2) is 35.2 Å². The second-order valence-corrected chi connectivity index (χ2v) is 7.81. The molecule has 0 aromatic heterocycles. The molecule has 130 valence electrons. The van der Waals surface area contributed by atoms with Crippen LogP contribution in [-0.4, -0.2) is 42.9 Å². The van der Waals surface area contributed by atoms with Crippen LogP contribution < -0.4 is 5.73 Å². The monoisotopic (exact) mass is 342 g/mol. The van der Waals surface area contributed by atoms with Gasteiger partial charge in [-0.15, -0.1) is 0 Å². The van der Waals surface area contributed by atoms with E-state index in [1.165, 1.54) is 12.1 Å². The standard InChI is InChI=1S/C16H26N2O4S/c1-13(2)12-18(15(16(19)20)10-6-7-11-17)23(21,22)14-8-4-3-5-9-14/h3-5,8-9,13,15H,6-7,10-12,17H2,1-2H3,(H,19,20)/t15-/m0/s1. The Morgan fingerprint density at radius 3 is 2.30 bits per heavy atom. The molecule has 0 fully saturated rings. The number of nitrogens with two attached hydrogens (primary N) is 1. The minimum Gasteiger partial charge on any atom is -0.480 e. The van der Waals surface area contributed by atoms with Gasteiger partial charge in [0, 0.05) is 6.54 Å². The van der Waals surface area contributed by atoms with Gasteiger partial charge in [0.15, 0.2) is 0 Å². The van der Waals surface area contributed by atoms with Crippen molar-refractivity contribution in [2.45, 2.75) is 44.0 Å². The summed E-state index contributed by atoms with van der Waals surface area (Å²) in [5.41, 5.74) is 5.45. The third-order valence-corrected chi connectivity index (χ3v) is 5.35. The zero-order valence-corrected chi connectivity index (χ0v) is 14.5. The lowest BCUT2D eigenvalue weighted by Gasteiger charge is -2.29. The van der Waals surface area contributed by atoms with Gasteiger partial charge in [0.1, 0.15) is 6.04 Å². The highest BCUT2D eigenvalue weighted by Crippen LogP contribution is 2.22. The Hall–Kier alpha value is -1.44. The van der Waals surface area contributed by atoms with E-state index in [2.05, 4.69) is 0 Å². The lowest BCUT2D eigenvalue weighted by molar-refractivity contribution is -0.141. The van der Waals surface area contributed by atoms with Crippen LogP contribution in [0.1, 0.15) is 33.1 Å². The van der Waals surface area contributed by atoms with Crippen LogP contribution in [0, 0.1) is 5.92 Å². The van der Waals surface area contributed by atoms with Gasteiger partial charge in [-0.3, -0.25) is 4.79 Å². The van der Waals surface area contributed by atoms with Crippen molar-refractivity contribution in [3.8, 4) is 0 Å². The maximum Gasteiger partial charge on any atom is 0.322 e. The molecule has 0 radical (unpaired) electrons.